The number of fused-ring (bicyclic) bond motifs is 1. The third-order valence-electron chi connectivity index (χ3n) is 4.25. The van der Waals surface area contributed by atoms with Gasteiger partial charge in [-0.2, -0.15) is 0 Å². The number of benzene rings is 2. The maximum Gasteiger partial charge on any atom is 0.128 e. The summed E-state index contributed by atoms with van der Waals surface area (Å²) in [5.74, 6) is -0.760. The summed E-state index contributed by atoms with van der Waals surface area (Å²) in [6.07, 6.45) is 3.24. The molecule has 0 aromatic heterocycles. The monoisotopic (exact) mass is 287 g/mol. The molecule has 0 saturated carbocycles. The molecule has 0 aliphatic heterocycles. The molecule has 1 aliphatic rings. The van der Waals surface area contributed by atoms with Crippen molar-refractivity contribution in [3.05, 3.63) is 70.8 Å². The molecule has 1 N–H and O–H groups in total. The minimum atomic E-state index is -0.399. The van der Waals surface area contributed by atoms with Gasteiger partial charge in [-0.25, -0.2) is 8.78 Å². The van der Waals surface area contributed by atoms with Crippen LogP contribution in [0.4, 0.5) is 8.78 Å². The molecular formula is C18H19F2N. The van der Waals surface area contributed by atoms with E-state index in [-0.39, 0.29) is 17.9 Å². The number of rotatable bonds is 3. The van der Waals surface area contributed by atoms with Gasteiger partial charge in [0.2, 0.25) is 0 Å². The van der Waals surface area contributed by atoms with E-state index in [1.54, 1.807) is 0 Å². The second kappa shape index (κ2) is 5.94. The number of hydrogen-bond acceptors (Lipinski definition) is 1. The molecule has 2 aromatic carbocycles. The molecular weight excluding hydrogens is 268 g/mol. The van der Waals surface area contributed by atoms with Crippen LogP contribution in [0.25, 0.3) is 0 Å². The van der Waals surface area contributed by atoms with Crippen molar-refractivity contribution in [3.8, 4) is 0 Å². The zero-order chi connectivity index (χ0) is 14.8. The van der Waals surface area contributed by atoms with Gasteiger partial charge in [0.05, 0.1) is 0 Å². The molecule has 110 valence electrons. The van der Waals surface area contributed by atoms with Crippen molar-refractivity contribution in [3.63, 3.8) is 0 Å². The molecule has 0 radical (unpaired) electrons. The summed E-state index contributed by atoms with van der Waals surface area (Å²) in [6, 6.07) is 12.0. The highest BCUT2D eigenvalue weighted by Crippen LogP contribution is 2.32. The zero-order valence-corrected chi connectivity index (χ0v) is 12.1. The summed E-state index contributed by atoms with van der Waals surface area (Å²) in [4.78, 5) is 0. The fourth-order valence-corrected chi connectivity index (χ4v) is 3.17. The summed E-state index contributed by atoms with van der Waals surface area (Å²) >= 11 is 0. The van der Waals surface area contributed by atoms with Gasteiger partial charge in [0, 0.05) is 17.6 Å². The van der Waals surface area contributed by atoms with E-state index in [2.05, 4.69) is 23.5 Å². The molecule has 0 bridgehead atoms. The Bertz CT molecular complexity index is 639. The first-order valence-electron chi connectivity index (χ1n) is 7.44. The van der Waals surface area contributed by atoms with Crippen molar-refractivity contribution in [2.75, 3.05) is 0 Å². The van der Waals surface area contributed by atoms with Gasteiger partial charge >= 0.3 is 0 Å². The molecule has 0 saturated heterocycles. The quantitative estimate of drug-likeness (QED) is 0.863. The third kappa shape index (κ3) is 2.98. The lowest BCUT2D eigenvalue weighted by Gasteiger charge is -2.29. The van der Waals surface area contributed by atoms with Gasteiger partial charge in [0.25, 0.3) is 0 Å². The SMILES string of the molecule is CC(NC1CCCc2ccccc21)c1cc(F)ccc1F. The topological polar surface area (TPSA) is 12.0 Å². The molecule has 1 nitrogen and oxygen atoms in total. The Kier molecular flexibility index (Phi) is 4.02. The first-order chi connectivity index (χ1) is 10.1. The van der Waals surface area contributed by atoms with Crippen molar-refractivity contribution in [1.29, 1.82) is 0 Å². The highest BCUT2D eigenvalue weighted by molar-refractivity contribution is 5.32. The van der Waals surface area contributed by atoms with Crippen LogP contribution in [0.2, 0.25) is 0 Å². The van der Waals surface area contributed by atoms with Crippen molar-refractivity contribution >= 4 is 0 Å². The van der Waals surface area contributed by atoms with E-state index >= 15 is 0 Å². The van der Waals surface area contributed by atoms with Gasteiger partial charge < -0.3 is 5.32 Å². The second-order valence-corrected chi connectivity index (χ2v) is 5.70. The van der Waals surface area contributed by atoms with Crippen LogP contribution in [0.1, 0.15) is 48.5 Å². The summed E-state index contributed by atoms with van der Waals surface area (Å²) in [6.45, 7) is 1.88. The Morgan fingerprint density at radius 2 is 1.95 bits per heavy atom. The van der Waals surface area contributed by atoms with E-state index < -0.39 is 5.82 Å². The highest BCUT2D eigenvalue weighted by Gasteiger charge is 2.22. The largest absolute Gasteiger partial charge is 0.303 e. The van der Waals surface area contributed by atoms with E-state index in [0.717, 1.165) is 25.3 Å². The van der Waals surface area contributed by atoms with Crippen LogP contribution in [0.5, 0.6) is 0 Å². The summed E-state index contributed by atoms with van der Waals surface area (Å²) in [5, 5.41) is 3.45. The zero-order valence-electron chi connectivity index (χ0n) is 12.1. The van der Waals surface area contributed by atoms with Crippen LogP contribution in [0, 0.1) is 11.6 Å². The molecule has 2 unspecified atom stereocenters. The van der Waals surface area contributed by atoms with E-state index in [9.17, 15) is 8.78 Å². The second-order valence-electron chi connectivity index (χ2n) is 5.70. The van der Waals surface area contributed by atoms with Crippen LogP contribution in [-0.2, 0) is 6.42 Å². The fraction of sp³-hybridized carbons (Fsp3) is 0.333. The maximum atomic E-state index is 13.9. The maximum absolute atomic E-state index is 13.9. The van der Waals surface area contributed by atoms with E-state index in [1.807, 2.05) is 13.0 Å². The standard InChI is InChI=1S/C18H19F2N/c1-12(16-11-14(19)9-10-17(16)20)21-18-8-4-6-13-5-2-3-7-15(13)18/h2-3,5,7,9-12,18,21H,4,6,8H2,1H3. The van der Waals surface area contributed by atoms with Gasteiger partial charge in [-0.05, 0) is 55.5 Å². The minimum Gasteiger partial charge on any atom is -0.303 e. The van der Waals surface area contributed by atoms with Crippen molar-refractivity contribution in [2.45, 2.75) is 38.3 Å². The van der Waals surface area contributed by atoms with E-state index in [4.69, 9.17) is 0 Å². The third-order valence-corrected chi connectivity index (χ3v) is 4.25. The Labute approximate surface area is 124 Å². The first-order valence-corrected chi connectivity index (χ1v) is 7.44. The lowest BCUT2D eigenvalue weighted by atomic mass is 9.87. The normalized spacial score (nSPS) is 19.1. The van der Waals surface area contributed by atoms with Crippen molar-refractivity contribution in [2.24, 2.45) is 0 Å². The van der Waals surface area contributed by atoms with Crippen LogP contribution < -0.4 is 5.32 Å². The number of aryl methyl sites for hydroxylation is 1. The van der Waals surface area contributed by atoms with Crippen molar-refractivity contribution < 1.29 is 8.78 Å². The van der Waals surface area contributed by atoms with E-state index in [0.29, 0.717) is 5.56 Å². The lowest BCUT2D eigenvalue weighted by Crippen LogP contribution is -2.28. The molecule has 21 heavy (non-hydrogen) atoms. The minimum absolute atomic E-state index is 0.201. The van der Waals surface area contributed by atoms with Crippen LogP contribution in [0.3, 0.4) is 0 Å². The highest BCUT2D eigenvalue weighted by atomic mass is 19.1. The molecule has 1 aliphatic carbocycles. The van der Waals surface area contributed by atoms with Crippen LogP contribution in [0.15, 0.2) is 42.5 Å². The van der Waals surface area contributed by atoms with Gasteiger partial charge in [0.15, 0.2) is 0 Å². The average molecular weight is 287 g/mol. The van der Waals surface area contributed by atoms with Gasteiger partial charge in [-0.3, -0.25) is 0 Å². The molecule has 2 aromatic rings. The summed E-state index contributed by atoms with van der Waals surface area (Å²) in [5.41, 5.74) is 3.03. The first kappa shape index (κ1) is 14.2. The Hall–Kier alpha value is -1.74. The molecule has 3 heteroatoms. The lowest BCUT2D eigenvalue weighted by molar-refractivity contribution is 0.406. The number of hydrogen-bond donors (Lipinski definition) is 1. The van der Waals surface area contributed by atoms with Gasteiger partial charge in [-0.15, -0.1) is 0 Å². The summed E-state index contributed by atoms with van der Waals surface area (Å²) in [7, 11) is 0. The smallest absolute Gasteiger partial charge is 0.128 e. The van der Waals surface area contributed by atoms with E-state index in [1.165, 1.54) is 23.3 Å². The Balaban J connectivity index is 1.82. The van der Waals surface area contributed by atoms with Crippen molar-refractivity contribution in [1.82, 2.24) is 5.32 Å². The predicted octanol–water partition coefficient (Wildman–Crippen LogP) is 4.69. The Morgan fingerprint density at radius 1 is 1.14 bits per heavy atom. The predicted molar refractivity (Wildman–Crippen MR) is 80.0 cm³/mol. The van der Waals surface area contributed by atoms with Gasteiger partial charge in [0.1, 0.15) is 11.6 Å². The summed E-state index contributed by atoms with van der Waals surface area (Å²) < 4.78 is 27.2. The molecule has 0 heterocycles. The molecule has 3 rings (SSSR count). The molecule has 0 fully saturated rings. The molecule has 0 amide bonds. The molecule has 0 spiro atoms. The van der Waals surface area contributed by atoms with Crippen LogP contribution >= 0.6 is 0 Å². The average Bonchev–Trinajstić information content (AvgIpc) is 2.50. The number of nitrogens with one attached hydrogen (secondary N) is 1. The molecule has 2 atom stereocenters. The fourth-order valence-electron chi connectivity index (χ4n) is 3.17. The Morgan fingerprint density at radius 3 is 2.81 bits per heavy atom. The van der Waals surface area contributed by atoms with Crippen LogP contribution in [-0.4, -0.2) is 0 Å². The van der Waals surface area contributed by atoms with Gasteiger partial charge in [-0.1, -0.05) is 24.3 Å². The number of halogens is 2.